The Morgan fingerprint density at radius 2 is 1.57 bits per heavy atom. The topological polar surface area (TPSA) is 119 Å². The molecule has 10 nitrogen and oxygen atoms in total. The van der Waals surface area contributed by atoms with Gasteiger partial charge in [0, 0.05) is 25.8 Å². The van der Waals surface area contributed by atoms with E-state index in [9.17, 15) is 14.7 Å². The molecule has 0 aliphatic carbocycles. The van der Waals surface area contributed by atoms with E-state index < -0.39 is 30.4 Å². The normalized spacial score (nSPS) is 20.5. The fraction of sp³-hybridized carbons (Fsp3) is 0.459. The predicted molar refractivity (Wildman–Crippen MR) is 180 cm³/mol. The van der Waals surface area contributed by atoms with Crippen LogP contribution in [-0.4, -0.2) is 81.6 Å². The highest BCUT2D eigenvalue weighted by Gasteiger charge is 2.44. The Kier molecular flexibility index (Phi) is 11.7. The molecule has 5 rings (SSSR count). The van der Waals surface area contributed by atoms with Gasteiger partial charge in [-0.15, -0.1) is 0 Å². The van der Waals surface area contributed by atoms with Gasteiger partial charge in [0.2, 0.25) is 0 Å². The standard InChI is InChI=1S/C37H47N3O7/c1-24-17-29(40(3)4)18-25(2)35(24)45-23-34(42)38-28(19-26-11-7-5-8-12-26)21-32(41)31(20-27-13-9-6-10-14-27)39-37(43)47-33-22-46-36-30(33)15-16-44-36/h5-14,17-18,28,30-33,36,41H,15-16,19-23H2,1-4H3,(H,38,42)(H,39,43)/t28-,30?,31-,32-,33-,36?/m0/s1. The molecule has 2 aliphatic heterocycles. The fourth-order valence-electron chi connectivity index (χ4n) is 6.39. The first-order valence-corrected chi connectivity index (χ1v) is 16.3. The van der Waals surface area contributed by atoms with Crippen LogP contribution in [-0.2, 0) is 31.8 Å². The number of rotatable bonds is 14. The van der Waals surface area contributed by atoms with Crippen LogP contribution in [0.2, 0.25) is 0 Å². The van der Waals surface area contributed by atoms with Crippen molar-refractivity contribution < 1.29 is 33.6 Å². The second-order valence-electron chi connectivity index (χ2n) is 12.8. The maximum atomic E-state index is 13.3. The number of fused-ring (bicyclic) bond motifs is 1. The Labute approximate surface area is 277 Å². The highest BCUT2D eigenvalue weighted by molar-refractivity contribution is 5.78. The van der Waals surface area contributed by atoms with Crippen LogP contribution in [0.4, 0.5) is 10.5 Å². The van der Waals surface area contributed by atoms with Crippen molar-refractivity contribution in [1.82, 2.24) is 10.6 Å². The summed E-state index contributed by atoms with van der Waals surface area (Å²) in [5, 5.41) is 17.6. The van der Waals surface area contributed by atoms with E-state index in [0.29, 0.717) is 25.2 Å². The zero-order valence-electron chi connectivity index (χ0n) is 27.7. The van der Waals surface area contributed by atoms with Gasteiger partial charge in [-0.1, -0.05) is 60.7 Å². The van der Waals surface area contributed by atoms with Crippen molar-refractivity contribution in [3.63, 3.8) is 0 Å². The third-order valence-corrected chi connectivity index (χ3v) is 8.83. The summed E-state index contributed by atoms with van der Waals surface area (Å²) in [4.78, 5) is 28.5. The lowest BCUT2D eigenvalue weighted by atomic mass is 9.93. The van der Waals surface area contributed by atoms with Crippen LogP contribution < -0.4 is 20.3 Å². The molecule has 6 atom stereocenters. The average Bonchev–Trinajstić information content (AvgIpc) is 3.66. The van der Waals surface area contributed by atoms with Gasteiger partial charge in [-0.2, -0.15) is 0 Å². The van der Waals surface area contributed by atoms with E-state index in [1.165, 1.54) is 0 Å². The number of ether oxygens (including phenoxy) is 4. The van der Waals surface area contributed by atoms with Gasteiger partial charge in [0.25, 0.3) is 5.91 Å². The second kappa shape index (κ2) is 16.1. The molecule has 2 saturated heterocycles. The third-order valence-electron chi connectivity index (χ3n) is 8.83. The summed E-state index contributed by atoms with van der Waals surface area (Å²) in [5.74, 6) is 0.388. The first-order valence-electron chi connectivity index (χ1n) is 16.3. The number of aryl methyl sites for hydroxylation is 2. The van der Waals surface area contributed by atoms with Crippen LogP contribution in [0.3, 0.4) is 0 Å². The van der Waals surface area contributed by atoms with Crippen LogP contribution in [0, 0.1) is 19.8 Å². The number of aliphatic hydroxyl groups excluding tert-OH is 1. The van der Waals surface area contributed by atoms with Gasteiger partial charge in [0.1, 0.15) is 11.9 Å². The predicted octanol–water partition coefficient (Wildman–Crippen LogP) is 4.33. The number of carbonyl (C=O) groups is 2. The summed E-state index contributed by atoms with van der Waals surface area (Å²) < 4.78 is 23.0. The van der Waals surface area contributed by atoms with Crippen molar-refractivity contribution in [1.29, 1.82) is 0 Å². The zero-order chi connectivity index (χ0) is 33.3. The maximum Gasteiger partial charge on any atom is 0.407 e. The number of aliphatic hydroxyl groups is 1. The first-order chi connectivity index (χ1) is 22.7. The van der Waals surface area contributed by atoms with Crippen molar-refractivity contribution >= 4 is 17.7 Å². The summed E-state index contributed by atoms with van der Waals surface area (Å²) in [5.41, 5.74) is 4.91. The van der Waals surface area contributed by atoms with Gasteiger partial charge in [-0.05, 0) is 73.9 Å². The summed E-state index contributed by atoms with van der Waals surface area (Å²) in [6, 6.07) is 22.4. The number of amides is 2. The van der Waals surface area contributed by atoms with E-state index in [-0.39, 0.29) is 37.7 Å². The Morgan fingerprint density at radius 1 is 0.936 bits per heavy atom. The molecule has 0 aromatic heterocycles. The van der Waals surface area contributed by atoms with E-state index in [1.807, 2.05) is 106 Å². The quantitative estimate of drug-likeness (QED) is 0.237. The number of nitrogens with one attached hydrogen (secondary N) is 2. The lowest BCUT2D eigenvalue weighted by molar-refractivity contribution is -0.124. The average molecular weight is 646 g/mol. The molecule has 2 amide bonds. The molecule has 47 heavy (non-hydrogen) atoms. The van der Waals surface area contributed by atoms with Crippen LogP contribution in [0.5, 0.6) is 5.75 Å². The molecule has 2 heterocycles. The van der Waals surface area contributed by atoms with E-state index in [2.05, 4.69) is 10.6 Å². The largest absolute Gasteiger partial charge is 0.483 e. The van der Waals surface area contributed by atoms with E-state index >= 15 is 0 Å². The molecular weight excluding hydrogens is 598 g/mol. The Hall–Kier alpha value is -4.12. The minimum Gasteiger partial charge on any atom is -0.483 e. The first kappa shape index (κ1) is 34.2. The van der Waals surface area contributed by atoms with Gasteiger partial charge >= 0.3 is 6.09 Å². The van der Waals surface area contributed by atoms with E-state index in [0.717, 1.165) is 34.4 Å². The lowest BCUT2D eigenvalue weighted by Gasteiger charge is -2.29. The van der Waals surface area contributed by atoms with Gasteiger partial charge < -0.3 is 39.6 Å². The van der Waals surface area contributed by atoms with E-state index in [1.54, 1.807) is 0 Å². The number of nitrogens with zero attached hydrogens (tertiary/aromatic N) is 1. The van der Waals surface area contributed by atoms with Crippen molar-refractivity contribution in [2.45, 2.75) is 70.1 Å². The second-order valence-corrected chi connectivity index (χ2v) is 12.8. The fourth-order valence-corrected chi connectivity index (χ4v) is 6.39. The van der Waals surface area contributed by atoms with E-state index in [4.69, 9.17) is 18.9 Å². The maximum absolute atomic E-state index is 13.3. The summed E-state index contributed by atoms with van der Waals surface area (Å²) in [6.07, 6.45) is -0.530. The minimum atomic E-state index is -0.997. The molecule has 0 bridgehead atoms. The molecule has 2 aliphatic rings. The van der Waals surface area contributed by atoms with Crippen LogP contribution >= 0.6 is 0 Å². The molecule has 3 aromatic carbocycles. The number of carbonyl (C=O) groups excluding carboxylic acids is 2. The van der Waals surface area contributed by atoms with Crippen molar-refractivity contribution in [3.8, 4) is 5.75 Å². The molecule has 252 valence electrons. The number of benzene rings is 3. The molecule has 0 saturated carbocycles. The lowest BCUT2D eigenvalue weighted by Crippen LogP contribution is -2.50. The van der Waals surface area contributed by atoms with Crippen LogP contribution in [0.1, 0.15) is 35.1 Å². The monoisotopic (exact) mass is 645 g/mol. The number of anilines is 1. The number of alkyl carbamates (subject to hydrolysis) is 1. The smallest absolute Gasteiger partial charge is 0.407 e. The minimum absolute atomic E-state index is 0.00410. The molecule has 10 heteroatoms. The zero-order valence-corrected chi connectivity index (χ0v) is 27.7. The molecule has 3 N–H and O–H groups in total. The number of hydrogen-bond donors (Lipinski definition) is 3. The SMILES string of the molecule is Cc1cc(N(C)C)cc(C)c1OCC(=O)N[C@@H](Cc1ccccc1)C[C@H](O)[C@H](Cc1ccccc1)NC(=O)O[C@H]1COC2OCCC21. The Morgan fingerprint density at radius 3 is 2.21 bits per heavy atom. The Bertz CT molecular complexity index is 1450. The molecular formula is C37H47N3O7. The van der Waals surface area contributed by atoms with Crippen LogP contribution in [0.25, 0.3) is 0 Å². The Balaban J connectivity index is 1.26. The highest BCUT2D eigenvalue weighted by atomic mass is 16.7. The summed E-state index contributed by atoms with van der Waals surface area (Å²) in [6.45, 7) is 4.62. The van der Waals surface area contributed by atoms with Crippen LogP contribution in [0.15, 0.2) is 72.8 Å². The van der Waals surface area contributed by atoms with Crippen molar-refractivity contribution in [2.24, 2.45) is 5.92 Å². The van der Waals surface area contributed by atoms with Crippen molar-refractivity contribution in [3.05, 3.63) is 95.1 Å². The van der Waals surface area contributed by atoms with Gasteiger partial charge in [0.15, 0.2) is 12.9 Å². The molecule has 0 spiro atoms. The van der Waals surface area contributed by atoms with Gasteiger partial charge in [0.05, 0.1) is 31.3 Å². The van der Waals surface area contributed by atoms with Gasteiger partial charge in [-0.3, -0.25) is 4.79 Å². The van der Waals surface area contributed by atoms with Gasteiger partial charge in [-0.25, -0.2) is 4.79 Å². The highest BCUT2D eigenvalue weighted by Crippen LogP contribution is 2.33. The molecule has 0 radical (unpaired) electrons. The third kappa shape index (κ3) is 9.47. The summed E-state index contributed by atoms with van der Waals surface area (Å²) >= 11 is 0. The summed E-state index contributed by atoms with van der Waals surface area (Å²) in [7, 11) is 3.97. The van der Waals surface area contributed by atoms with Crippen molar-refractivity contribution in [2.75, 3.05) is 38.8 Å². The number of hydrogen-bond acceptors (Lipinski definition) is 8. The molecule has 2 unspecified atom stereocenters. The molecule has 3 aromatic rings. The molecule has 2 fully saturated rings.